The van der Waals surface area contributed by atoms with E-state index in [0.29, 0.717) is 0 Å². The van der Waals surface area contributed by atoms with Crippen molar-refractivity contribution < 1.29 is 23.2 Å². The van der Waals surface area contributed by atoms with Crippen LogP contribution in [0.5, 0.6) is 0 Å². The maximum absolute atomic E-state index is 11.5. The van der Waals surface area contributed by atoms with Gasteiger partial charge in [-0.1, -0.05) is 23.7 Å². The molecular formula is C10H10ClNO5S. The Hall–Kier alpha value is -1.60. The van der Waals surface area contributed by atoms with Crippen molar-refractivity contribution in [3.8, 4) is 0 Å². The first-order chi connectivity index (χ1) is 8.43. The summed E-state index contributed by atoms with van der Waals surface area (Å²) in [6.45, 7) is 1.56. The highest BCUT2D eigenvalue weighted by atomic mass is 35.5. The fraction of sp³-hybridized carbons (Fsp3) is 0.300. The average Bonchev–Trinajstić information content (AvgIpc) is 2.33. The number of ether oxygens (including phenoxy) is 1. The second kappa shape index (κ2) is 5.83. The number of methoxy groups -OCH3 is 1. The molecule has 0 spiro atoms. The summed E-state index contributed by atoms with van der Waals surface area (Å²) >= 11 is 5.96. The van der Waals surface area contributed by atoms with Crippen molar-refractivity contribution in [2.45, 2.75) is 6.92 Å². The Labute approximate surface area is 110 Å². The van der Waals surface area contributed by atoms with Gasteiger partial charge in [0.15, 0.2) is 0 Å². The molecule has 0 bridgehead atoms. The van der Waals surface area contributed by atoms with Crippen LogP contribution in [0.4, 0.5) is 0 Å². The van der Waals surface area contributed by atoms with Crippen LogP contribution in [0, 0.1) is 5.92 Å². The minimum absolute atomic E-state index is 0.00125. The predicted octanol–water partition coefficient (Wildman–Crippen LogP) is 0.740. The highest BCUT2D eigenvalue weighted by Crippen LogP contribution is 2.30. The van der Waals surface area contributed by atoms with Crippen molar-refractivity contribution in [1.82, 2.24) is 0 Å². The van der Waals surface area contributed by atoms with Crippen molar-refractivity contribution in [3.05, 3.63) is 22.3 Å². The monoisotopic (exact) mass is 291 g/mol. The van der Waals surface area contributed by atoms with Gasteiger partial charge in [-0.3, -0.25) is 0 Å². The molecule has 1 N–H and O–H groups in total. The van der Waals surface area contributed by atoms with Crippen molar-refractivity contribution in [2.24, 2.45) is 11.1 Å². The van der Waals surface area contributed by atoms with Gasteiger partial charge in [0.2, 0.25) is 10.3 Å². The van der Waals surface area contributed by atoms with E-state index in [9.17, 15) is 13.2 Å². The maximum Gasteiger partial charge on any atom is 0.339 e. The number of carbonyl (C=O) groups excluding carboxylic acids is 1. The van der Waals surface area contributed by atoms with Gasteiger partial charge in [-0.25, -0.2) is 4.79 Å². The van der Waals surface area contributed by atoms with Crippen LogP contribution in [0.15, 0.2) is 27.4 Å². The van der Waals surface area contributed by atoms with E-state index in [4.69, 9.17) is 16.8 Å². The molecule has 18 heavy (non-hydrogen) atoms. The van der Waals surface area contributed by atoms with Crippen molar-refractivity contribution in [1.29, 1.82) is 0 Å². The summed E-state index contributed by atoms with van der Waals surface area (Å²) in [4.78, 5) is 11.4. The summed E-state index contributed by atoms with van der Waals surface area (Å²) in [6, 6.07) is 0. The lowest BCUT2D eigenvalue weighted by molar-refractivity contribution is -0.135. The van der Waals surface area contributed by atoms with Crippen LogP contribution in [0.25, 0.3) is 0 Å². The number of carbonyl (C=O) groups is 1. The molecule has 1 aliphatic rings. The van der Waals surface area contributed by atoms with Crippen molar-refractivity contribution in [3.63, 3.8) is 0 Å². The van der Waals surface area contributed by atoms with Crippen molar-refractivity contribution in [2.75, 3.05) is 7.11 Å². The first-order valence-electron chi connectivity index (χ1n) is 4.77. The van der Waals surface area contributed by atoms with Gasteiger partial charge < -0.3 is 9.94 Å². The van der Waals surface area contributed by atoms with Crippen LogP contribution >= 0.6 is 11.6 Å². The van der Waals surface area contributed by atoms with Crippen LogP contribution in [-0.4, -0.2) is 37.8 Å². The molecule has 0 fully saturated rings. The molecule has 0 aliphatic heterocycles. The van der Waals surface area contributed by atoms with Gasteiger partial charge in [-0.05, 0) is 6.08 Å². The molecule has 0 amide bonds. The Morgan fingerprint density at radius 2 is 2.22 bits per heavy atom. The Kier molecular flexibility index (Phi) is 4.69. The normalized spacial score (nSPS) is 20.1. The molecule has 0 radical (unpaired) electrons. The minimum Gasteiger partial charge on any atom is -0.465 e. The summed E-state index contributed by atoms with van der Waals surface area (Å²) in [7, 11) is -1.36. The number of hydrogen-bond acceptors (Lipinski definition) is 6. The van der Waals surface area contributed by atoms with Gasteiger partial charge >= 0.3 is 5.97 Å². The number of esters is 1. The third-order valence-corrected chi connectivity index (χ3v) is 3.74. The van der Waals surface area contributed by atoms with E-state index in [0.717, 1.165) is 19.4 Å². The maximum atomic E-state index is 11.5. The lowest BCUT2D eigenvalue weighted by Crippen LogP contribution is -2.23. The molecule has 0 aromatic heterocycles. The number of halogens is 1. The Morgan fingerprint density at radius 1 is 1.61 bits per heavy atom. The topological polar surface area (TPSA) is 93.0 Å². The Morgan fingerprint density at radius 3 is 2.67 bits per heavy atom. The molecule has 0 aromatic carbocycles. The fourth-order valence-electron chi connectivity index (χ4n) is 1.51. The second-order valence-corrected chi connectivity index (χ2v) is 4.74. The Balaban J connectivity index is 3.55. The molecule has 1 unspecified atom stereocenters. The molecule has 1 atom stereocenters. The van der Waals surface area contributed by atoms with Gasteiger partial charge in [0.05, 0.1) is 28.8 Å². The largest absolute Gasteiger partial charge is 0.465 e. The first kappa shape index (κ1) is 14.5. The van der Waals surface area contributed by atoms with Crippen LogP contribution in [0.3, 0.4) is 0 Å². The molecule has 1 aliphatic carbocycles. The lowest BCUT2D eigenvalue weighted by atomic mass is 9.90. The van der Waals surface area contributed by atoms with Crippen LogP contribution in [0.2, 0.25) is 0 Å². The number of nitrogens with zero attached hydrogens (tertiary/aromatic N) is 1. The molecular weight excluding hydrogens is 282 g/mol. The molecule has 98 valence electrons. The van der Waals surface area contributed by atoms with Gasteiger partial charge in [0, 0.05) is 11.5 Å². The van der Waals surface area contributed by atoms with Crippen LogP contribution in [-0.2, 0) is 19.8 Å². The Bertz CT molecular complexity index is 592. The molecule has 8 heteroatoms. The molecule has 6 nitrogen and oxygen atoms in total. The smallest absolute Gasteiger partial charge is 0.339 e. The quantitative estimate of drug-likeness (QED) is 0.266. The van der Waals surface area contributed by atoms with E-state index < -0.39 is 22.2 Å². The molecule has 0 aromatic rings. The third-order valence-electron chi connectivity index (χ3n) is 2.46. The molecule has 0 heterocycles. The second-order valence-electron chi connectivity index (χ2n) is 3.42. The summed E-state index contributed by atoms with van der Waals surface area (Å²) in [5, 5.41) is 11.4. The lowest BCUT2D eigenvalue weighted by Gasteiger charge is -2.19. The summed E-state index contributed by atoms with van der Waals surface area (Å²) in [6.07, 6.45) is 2.15. The van der Waals surface area contributed by atoms with E-state index >= 15 is 0 Å². The van der Waals surface area contributed by atoms with E-state index in [-0.39, 0.29) is 21.0 Å². The number of hydrogen-bond donors (Lipinski definition) is 1. The van der Waals surface area contributed by atoms with Crippen LogP contribution in [0.1, 0.15) is 6.92 Å². The van der Waals surface area contributed by atoms with E-state index in [1.807, 2.05) is 0 Å². The minimum atomic E-state index is -2.51. The molecule has 0 saturated heterocycles. The first-order valence-corrected chi connectivity index (χ1v) is 6.22. The zero-order valence-electron chi connectivity index (χ0n) is 9.55. The van der Waals surface area contributed by atoms with E-state index in [1.54, 1.807) is 6.92 Å². The standard InChI is InChI=1S/C10H10ClNO5S/c1-5-7(4-12-14)9(11)6(10(13)17-2)3-8(5)18(15)16/h3-5,14H,1-2H3. The average molecular weight is 292 g/mol. The zero-order valence-corrected chi connectivity index (χ0v) is 11.1. The third kappa shape index (κ3) is 2.62. The molecule has 0 saturated carbocycles. The number of oxime groups is 1. The fourth-order valence-corrected chi connectivity index (χ4v) is 2.48. The van der Waals surface area contributed by atoms with Gasteiger partial charge in [0.25, 0.3) is 0 Å². The van der Waals surface area contributed by atoms with Crippen LogP contribution < -0.4 is 0 Å². The highest BCUT2D eigenvalue weighted by molar-refractivity contribution is 7.73. The highest BCUT2D eigenvalue weighted by Gasteiger charge is 2.29. The summed E-state index contributed by atoms with van der Waals surface area (Å²) in [5.74, 6) is -1.38. The van der Waals surface area contributed by atoms with Gasteiger partial charge in [-0.15, -0.1) is 0 Å². The van der Waals surface area contributed by atoms with E-state index in [1.165, 1.54) is 0 Å². The van der Waals surface area contributed by atoms with Gasteiger partial charge in [-0.2, -0.15) is 8.42 Å². The molecule has 1 rings (SSSR count). The zero-order chi connectivity index (χ0) is 13.9. The van der Waals surface area contributed by atoms with Gasteiger partial charge in [0.1, 0.15) is 0 Å². The number of rotatable bonds is 2. The summed E-state index contributed by atoms with van der Waals surface area (Å²) < 4.78 is 26.6. The number of allylic oxidation sites excluding steroid dienone is 2. The SMILES string of the molecule is COC(=O)C1=CC(=S(=O)=O)C(C)C(C=NO)=C1Cl. The predicted molar refractivity (Wildman–Crippen MR) is 66.3 cm³/mol. The van der Waals surface area contributed by atoms with Crippen molar-refractivity contribution >= 4 is 38.9 Å². The summed E-state index contributed by atoms with van der Waals surface area (Å²) in [5.41, 5.74) is 0.132. The van der Waals surface area contributed by atoms with E-state index in [2.05, 4.69) is 9.89 Å².